The van der Waals surface area contributed by atoms with Gasteiger partial charge in [-0.05, 0) is 24.3 Å². The largest absolute Gasteiger partial charge is 0.425 e. The van der Waals surface area contributed by atoms with Gasteiger partial charge in [-0.15, -0.1) is 0 Å². The Labute approximate surface area is 149 Å². The normalized spacial score (nSPS) is 11.4. The second-order valence-electron chi connectivity index (χ2n) is 5.68. The van der Waals surface area contributed by atoms with Crippen molar-refractivity contribution >= 4 is 54.7 Å². The van der Waals surface area contributed by atoms with E-state index in [0.717, 1.165) is 10.2 Å². The fraction of sp³-hybridized carbons (Fsp3) is 0. The lowest BCUT2D eigenvalue weighted by Crippen LogP contribution is -2.10. The topological polar surface area (TPSA) is 85.3 Å². The number of fused-ring (bicyclic) bond motifs is 3. The van der Waals surface area contributed by atoms with Gasteiger partial charge in [-0.2, -0.15) is 0 Å². The Balaban J connectivity index is 1.55. The number of nitrogens with one attached hydrogen (secondary N) is 1. The predicted molar refractivity (Wildman–Crippen MR) is 99.8 cm³/mol. The van der Waals surface area contributed by atoms with Crippen molar-refractivity contribution in [2.45, 2.75) is 0 Å². The van der Waals surface area contributed by atoms with E-state index in [2.05, 4.69) is 10.3 Å². The molecule has 0 saturated carbocycles. The highest BCUT2D eigenvalue weighted by Crippen LogP contribution is 2.27. The van der Waals surface area contributed by atoms with E-state index in [-0.39, 0.29) is 22.4 Å². The molecule has 26 heavy (non-hydrogen) atoms. The summed E-state index contributed by atoms with van der Waals surface area (Å²) in [4.78, 5) is 29.4. The highest BCUT2D eigenvalue weighted by atomic mass is 32.1. The molecule has 5 aromatic rings. The van der Waals surface area contributed by atoms with Gasteiger partial charge in [0.25, 0.3) is 5.91 Å². The first-order valence-corrected chi connectivity index (χ1v) is 8.63. The van der Waals surface area contributed by atoms with Gasteiger partial charge in [0.1, 0.15) is 11.0 Å². The van der Waals surface area contributed by atoms with Gasteiger partial charge in [0.05, 0.1) is 15.6 Å². The van der Waals surface area contributed by atoms with Gasteiger partial charge in [-0.25, -0.2) is 4.98 Å². The van der Waals surface area contributed by atoms with Gasteiger partial charge in [0, 0.05) is 6.07 Å². The summed E-state index contributed by atoms with van der Waals surface area (Å²) in [7, 11) is 0. The molecule has 5 rings (SSSR count). The summed E-state index contributed by atoms with van der Waals surface area (Å²) in [6, 6.07) is 15.9. The number of para-hydroxylation sites is 2. The molecular formula is C19H10N2O4S. The molecule has 0 aliphatic heterocycles. The van der Waals surface area contributed by atoms with Crippen LogP contribution in [0.3, 0.4) is 0 Å². The van der Waals surface area contributed by atoms with E-state index in [1.165, 1.54) is 17.4 Å². The van der Waals surface area contributed by atoms with Crippen molar-refractivity contribution in [2.24, 2.45) is 0 Å². The van der Waals surface area contributed by atoms with Crippen LogP contribution in [-0.4, -0.2) is 10.9 Å². The molecule has 3 aromatic heterocycles. The van der Waals surface area contributed by atoms with Crippen LogP contribution in [0.5, 0.6) is 0 Å². The minimum absolute atomic E-state index is 0.00425. The van der Waals surface area contributed by atoms with Crippen LogP contribution in [0.1, 0.15) is 10.6 Å². The van der Waals surface area contributed by atoms with Crippen LogP contribution in [0.4, 0.5) is 5.13 Å². The fourth-order valence-corrected chi connectivity index (χ4v) is 3.65. The third-order valence-electron chi connectivity index (χ3n) is 4.02. The first kappa shape index (κ1) is 14.9. The quantitative estimate of drug-likeness (QED) is 0.503. The van der Waals surface area contributed by atoms with E-state index in [9.17, 15) is 9.59 Å². The molecule has 3 heterocycles. The average molecular weight is 362 g/mol. The first-order chi connectivity index (χ1) is 12.7. The molecule has 1 N–H and O–H groups in total. The molecule has 0 fully saturated rings. The maximum absolute atomic E-state index is 12.5. The van der Waals surface area contributed by atoms with Gasteiger partial charge >= 0.3 is 5.78 Å². The van der Waals surface area contributed by atoms with E-state index in [4.69, 9.17) is 8.83 Å². The number of thiazole rings is 1. The van der Waals surface area contributed by atoms with Crippen molar-refractivity contribution in [3.8, 4) is 0 Å². The number of rotatable bonds is 2. The van der Waals surface area contributed by atoms with Crippen molar-refractivity contribution in [1.29, 1.82) is 0 Å². The van der Waals surface area contributed by atoms with Crippen LogP contribution in [-0.2, 0) is 0 Å². The number of furan rings is 1. The van der Waals surface area contributed by atoms with Crippen molar-refractivity contribution < 1.29 is 13.6 Å². The second kappa shape index (κ2) is 5.53. The molecule has 2 aromatic carbocycles. The minimum atomic E-state index is -0.487. The van der Waals surface area contributed by atoms with Crippen LogP contribution in [0.15, 0.2) is 68.2 Å². The lowest BCUT2D eigenvalue weighted by atomic mass is 10.2. The van der Waals surface area contributed by atoms with Crippen LogP contribution in [0.2, 0.25) is 0 Å². The summed E-state index contributed by atoms with van der Waals surface area (Å²) in [5, 5.41) is 3.84. The average Bonchev–Trinajstić information content (AvgIpc) is 3.25. The summed E-state index contributed by atoms with van der Waals surface area (Å²) in [6.45, 7) is 0. The fourth-order valence-electron chi connectivity index (χ4n) is 2.79. The number of hydrogen-bond donors (Lipinski definition) is 1. The molecule has 6 nitrogen and oxygen atoms in total. The van der Waals surface area contributed by atoms with Crippen molar-refractivity contribution in [2.75, 3.05) is 5.32 Å². The molecule has 7 heteroatoms. The van der Waals surface area contributed by atoms with Gasteiger partial charge in [-0.1, -0.05) is 35.6 Å². The molecule has 1 amide bonds. The van der Waals surface area contributed by atoms with E-state index < -0.39 is 5.91 Å². The summed E-state index contributed by atoms with van der Waals surface area (Å²) < 4.78 is 12.0. The smallest absolute Gasteiger partial charge is 0.302 e. The zero-order valence-corrected chi connectivity index (χ0v) is 14.0. The summed E-state index contributed by atoms with van der Waals surface area (Å²) in [5.74, 6) is -0.461. The van der Waals surface area contributed by atoms with Gasteiger partial charge in [0.2, 0.25) is 5.43 Å². The molecule has 0 spiro atoms. The third-order valence-corrected chi connectivity index (χ3v) is 4.97. The molecule has 0 saturated heterocycles. The minimum Gasteiger partial charge on any atom is -0.425 e. The van der Waals surface area contributed by atoms with Gasteiger partial charge < -0.3 is 8.83 Å². The predicted octanol–water partition coefficient (Wildman–Crippen LogP) is 4.40. The van der Waals surface area contributed by atoms with Gasteiger partial charge in [0.15, 0.2) is 10.9 Å². The monoisotopic (exact) mass is 362 g/mol. The number of benzene rings is 2. The highest BCUT2D eigenvalue weighted by molar-refractivity contribution is 7.22. The Hall–Kier alpha value is -3.45. The number of carbonyl (C=O) groups is 1. The molecule has 0 atom stereocenters. The maximum Gasteiger partial charge on any atom is 0.302 e. The number of amides is 1. The SMILES string of the molecule is O=C(Nc1nc2ccccc2s1)c1cc2c(=O)c3ccccc3oc2o1. The number of anilines is 1. The summed E-state index contributed by atoms with van der Waals surface area (Å²) in [5.41, 5.74) is 0.989. The second-order valence-corrected chi connectivity index (χ2v) is 6.71. The van der Waals surface area contributed by atoms with Crippen molar-refractivity contribution in [1.82, 2.24) is 4.98 Å². The summed E-state index contributed by atoms with van der Waals surface area (Å²) in [6.07, 6.45) is 0. The van der Waals surface area contributed by atoms with E-state index in [0.29, 0.717) is 16.1 Å². The Kier molecular flexibility index (Phi) is 3.16. The molecule has 0 aliphatic carbocycles. The Morgan fingerprint density at radius 3 is 2.69 bits per heavy atom. The van der Waals surface area contributed by atoms with Crippen molar-refractivity contribution in [3.63, 3.8) is 0 Å². The van der Waals surface area contributed by atoms with E-state index in [1.807, 2.05) is 24.3 Å². The molecular weight excluding hydrogens is 352 g/mol. The number of nitrogens with zero attached hydrogens (tertiary/aromatic N) is 1. The Morgan fingerprint density at radius 2 is 1.81 bits per heavy atom. The molecule has 0 aliphatic rings. The third kappa shape index (κ3) is 2.29. The van der Waals surface area contributed by atoms with Crippen LogP contribution in [0.25, 0.3) is 32.4 Å². The van der Waals surface area contributed by atoms with Crippen molar-refractivity contribution in [3.05, 3.63) is 70.6 Å². The number of hydrogen-bond acceptors (Lipinski definition) is 6. The molecule has 0 bridgehead atoms. The van der Waals surface area contributed by atoms with Crippen LogP contribution < -0.4 is 10.7 Å². The first-order valence-electron chi connectivity index (χ1n) is 7.81. The Bertz CT molecular complexity index is 1330. The van der Waals surface area contributed by atoms with E-state index in [1.54, 1.807) is 24.3 Å². The zero-order chi connectivity index (χ0) is 17.7. The Morgan fingerprint density at radius 1 is 1.00 bits per heavy atom. The van der Waals surface area contributed by atoms with Gasteiger partial charge in [-0.3, -0.25) is 14.9 Å². The highest BCUT2D eigenvalue weighted by Gasteiger charge is 2.18. The van der Waals surface area contributed by atoms with Crippen LogP contribution in [0, 0.1) is 0 Å². The zero-order valence-electron chi connectivity index (χ0n) is 13.2. The van der Waals surface area contributed by atoms with Crippen LogP contribution >= 0.6 is 11.3 Å². The standard InChI is InChI=1S/C19H10N2O4S/c22-16-10-5-1-3-7-13(10)24-18-11(16)9-14(25-18)17(23)21-19-20-12-6-2-4-8-15(12)26-19/h1-9H,(H,20,21,23). The van der Waals surface area contributed by atoms with E-state index >= 15 is 0 Å². The lowest BCUT2D eigenvalue weighted by Gasteiger charge is -1.96. The molecule has 0 unspecified atom stereocenters. The number of carbonyl (C=O) groups excluding carboxylic acids is 1. The lowest BCUT2D eigenvalue weighted by molar-refractivity contribution is 0.0997. The molecule has 0 radical (unpaired) electrons. The molecule has 126 valence electrons. The summed E-state index contributed by atoms with van der Waals surface area (Å²) >= 11 is 1.36. The maximum atomic E-state index is 12.5. The number of aromatic nitrogens is 1.